The van der Waals surface area contributed by atoms with E-state index in [4.69, 9.17) is 26.2 Å². The highest BCUT2D eigenvalue weighted by molar-refractivity contribution is 6.53. The maximum atomic E-state index is 11.3. The summed E-state index contributed by atoms with van der Waals surface area (Å²) >= 11 is 6.26. The van der Waals surface area contributed by atoms with Gasteiger partial charge in [-0.05, 0) is 6.07 Å². The van der Waals surface area contributed by atoms with E-state index in [2.05, 4.69) is 9.97 Å². The monoisotopic (exact) mass is 390 g/mol. The average molecular weight is 391 g/mol. The van der Waals surface area contributed by atoms with Gasteiger partial charge in [-0.1, -0.05) is 11.6 Å². The fourth-order valence-corrected chi connectivity index (χ4v) is 2.39. The van der Waals surface area contributed by atoms with Crippen LogP contribution in [0.25, 0.3) is 10.6 Å². The van der Waals surface area contributed by atoms with E-state index in [1.54, 1.807) is 0 Å². The Balaban J connectivity index is 2.66. The van der Waals surface area contributed by atoms with Crippen molar-refractivity contribution in [2.75, 3.05) is 14.2 Å². The second-order valence-corrected chi connectivity index (χ2v) is 5.26. The molecule has 0 aliphatic heterocycles. The van der Waals surface area contributed by atoms with E-state index in [-0.39, 0.29) is 39.1 Å². The fraction of sp³-hybridized carbons (Fsp3) is 0.125. The first-order chi connectivity index (χ1) is 12.8. The Morgan fingerprint density at radius 2 is 1.89 bits per heavy atom. The summed E-state index contributed by atoms with van der Waals surface area (Å²) in [5, 5.41) is 29.4. The van der Waals surface area contributed by atoms with Crippen LogP contribution in [0.4, 0.5) is 5.69 Å². The second kappa shape index (κ2) is 8.11. The highest BCUT2D eigenvalue weighted by atomic mass is 35.5. The average Bonchev–Trinajstić information content (AvgIpc) is 2.67. The van der Waals surface area contributed by atoms with Crippen LogP contribution in [0, 0.1) is 21.4 Å². The fourth-order valence-electron chi connectivity index (χ4n) is 2.14. The van der Waals surface area contributed by atoms with Crippen LogP contribution >= 0.6 is 11.6 Å². The molecule has 0 saturated carbocycles. The van der Waals surface area contributed by atoms with Gasteiger partial charge in [0.1, 0.15) is 11.8 Å². The van der Waals surface area contributed by atoms with Crippen LogP contribution in [-0.2, 0) is 0 Å². The molecule has 1 aromatic heterocycles. The number of benzene rings is 1. The molecule has 11 heteroatoms. The molecule has 0 fully saturated rings. The van der Waals surface area contributed by atoms with E-state index in [0.717, 1.165) is 18.5 Å². The summed E-state index contributed by atoms with van der Waals surface area (Å²) < 4.78 is 10.1. The summed E-state index contributed by atoms with van der Waals surface area (Å²) in [4.78, 5) is 29.0. The Morgan fingerprint density at radius 1 is 1.26 bits per heavy atom. The van der Waals surface area contributed by atoms with Crippen LogP contribution in [0.2, 0.25) is 0 Å². The summed E-state index contributed by atoms with van der Waals surface area (Å²) in [7, 11) is 2.55. The lowest BCUT2D eigenvalue weighted by molar-refractivity contribution is -0.385. The number of methoxy groups -OCH3 is 2. The van der Waals surface area contributed by atoms with Gasteiger partial charge in [0.25, 0.3) is 0 Å². The number of halogens is 1. The van der Waals surface area contributed by atoms with Gasteiger partial charge in [-0.2, -0.15) is 5.26 Å². The molecule has 0 unspecified atom stereocenters. The number of nitro benzene ring substituents is 1. The molecule has 138 valence electrons. The van der Waals surface area contributed by atoms with Gasteiger partial charge in [-0.3, -0.25) is 15.1 Å². The minimum atomic E-state index is -1.28. The molecular formula is C16H11ClN4O6. The van der Waals surface area contributed by atoms with E-state index in [0.29, 0.717) is 0 Å². The van der Waals surface area contributed by atoms with Gasteiger partial charge in [0.05, 0.1) is 42.1 Å². The molecule has 1 N–H and O–H groups in total. The van der Waals surface area contributed by atoms with Crippen molar-refractivity contribution in [1.82, 2.24) is 9.97 Å². The molecule has 2 rings (SSSR count). The zero-order valence-corrected chi connectivity index (χ0v) is 14.7. The molecule has 0 spiro atoms. The largest absolute Gasteiger partial charge is 0.493 e. The normalized spacial score (nSPS) is 11.2. The number of hydrogen-bond donors (Lipinski definition) is 1. The Kier molecular flexibility index (Phi) is 5.89. The third-order valence-electron chi connectivity index (χ3n) is 3.37. The van der Waals surface area contributed by atoms with Crippen molar-refractivity contribution >= 4 is 33.9 Å². The summed E-state index contributed by atoms with van der Waals surface area (Å²) in [6, 6.07) is 4.33. The van der Waals surface area contributed by atoms with Crippen molar-refractivity contribution in [1.29, 1.82) is 5.26 Å². The Hall–Kier alpha value is -3.71. The molecule has 0 amide bonds. The van der Waals surface area contributed by atoms with Crippen LogP contribution in [0.5, 0.6) is 11.5 Å². The molecule has 27 heavy (non-hydrogen) atoms. The van der Waals surface area contributed by atoms with Gasteiger partial charge in [-0.25, -0.2) is 9.78 Å². The predicted octanol–water partition coefficient (Wildman–Crippen LogP) is 2.73. The summed E-state index contributed by atoms with van der Waals surface area (Å²) in [6.45, 7) is 0. The van der Waals surface area contributed by atoms with Gasteiger partial charge in [0.15, 0.2) is 11.4 Å². The number of nitrogens with zero attached hydrogens (tertiary/aromatic N) is 4. The number of carboxylic acid groups (broad SMARTS) is 1. The first-order valence-electron chi connectivity index (χ1n) is 7.10. The van der Waals surface area contributed by atoms with Crippen LogP contribution in [-0.4, -0.2) is 40.2 Å². The first-order valence-corrected chi connectivity index (χ1v) is 7.48. The van der Waals surface area contributed by atoms with E-state index < -0.39 is 16.6 Å². The van der Waals surface area contributed by atoms with Crippen molar-refractivity contribution in [3.05, 3.63) is 51.6 Å². The molecule has 0 aliphatic carbocycles. The number of ether oxygens (including phenoxy) is 2. The number of hydrogen-bond acceptors (Lipinski definition) is 8. The minimum absolute atomic E-state index is 0.00457. The number of nitro groups is 1. The first kappa shape index (κ1) is 19.6. The maximum absolute atomic E-state index is 11.3. The smallest absolute Gasteiger partial charge is 0.356 e. The van der Waals surface area contributed by atoms with Crippen molar-refractivity contribution in [3.8, 4) is 17.6 Å². The van der Waals surface area contributed by atoms with Crippen LogP contribution in [0.15, 0.2) is 24.5 Å². The van der Waals surface area contributed by atoms with Gasteiger partial charge in [0.2, 0.25) is 5.75 Å². The number of nitriles is 1. The Morgan fingerprint density at radius 3 is 2.33 bits per heavy atom. The number of aromatic nitrogens is 2. The zero-order valence-electron chi connectivity index (χ0n) is 14.0. The van der Waals surface area contributed by atoms with Crippen LogP contribution in [0.1, 0.15) is 21.7 Å². The van der Waals surface area contributed by atoms with Crippen molar-refractivity contribution in [2.24, 2.45) is 0 Å². The minimum Gasteiger partial charge on any atom is -0.493 e. The van der Waals surface area contributed by atoms with Crippen molar-refractivity contribution in [3.63, 3.8) is 0 Å². The standard InChI is InChI=1S/C16H11ClN4O6/c1-26-13-4-8(3-12(21(24)25)15(13)27-2)14(17)9(5-18)10-6-20-11(7-19-10)16(22)23/h3-4,6-7H,1-2H3,(H,22,23)/b14-9-. The molecular weight excluding hydrogens is 380 g/mol. The molecule has 0 bridgehead atoms. The number of carbonyl (C=O) groups is 1. The summed E-state index contributed by atoms with van der Waals surface area (Å²) in [5.41, 5.74) is -0.752. The van der Waals surface area contributed by atoms with Gasteiger partial charge < -0.3 is 14.6 Å². The molecule has 0 saturated heterocycles. The van der Waals surface area contributed by atoms with Gasteiger partial charge in [-0.15, -0.1) is 0 Å². The van der Waals surface area contributed by atoms with Gasteiger partial charge in [0, 0.05) is 11.6 Å². The highest BCUT2D eigenvalue weighted by Gasteiger charge is 2.24. The van der Waals surface area contributed by atoms with E-state index in [1.807, 2.05) is 6.07 Å². The van der Waals surface area contributed by atoms with Crippen LogP contribution < -0.4 is 9.47 Å². The molecule has 0 radical (unpaired) electrons. The molecule has 2 aromatic rings. The number of aromatic carboxylic acids is 1. The number of carboxylic acids is 1. The quantitative estimate of drug-likeness (QED) is 0.446. The lowest BCUT2D eigenvalue weighted by atomic mass is 10.1. The summed E-state index contributed by atoms with van der Waals surface area (Å²) in [5.74, 6) is -1.33. The highest BCUT2D eigenvalue weighted by Crippen LogP contribution is 2.41. The van der Waals surface area contributed by atoms with E-state index >= 15 is 0 Å². The van der Waals surface area contributed by atoms with E-state index in [1.165, 1.54) is 20.3 Å². The van der Waals surface area contributed by atoms with Gasteiger partial charge >= 0.3 is 11.7 Å². The zero-order chi connectivity index (χ0) is 20.1. The molecule has 1 aromatic carbocycles. The Labute approximate surface area is 157 Å². The number of rotatable bonds is 6. The van der Waals surface area contributed by atoms with E-state index in [9.17, 15) is 20.2 Å². The van der Waals surface area contributed by atoms with Crippen molar-refractivity contribution in [2.45, 2.75) is 0 Å². The van der Waals surface area contributed by atoms with Crippen LogP contribution in [0.3, 0.4) is 0 Å². The number of allylic oxidation sites excluding steroid dienone is 1. The lowest BCUT2D eigenvalue weighted by Gasteiger charge is -2.11. The molecule has 0 aliphatic rings. The SMILES string of the molecule is COc1cc(/C(Cl)=C(\C#N)c2cnc(C(=O)O)cn2)cc([N+](=O)[O-])c1OC. The maximum Gasteiger partial charge on any atom is 0.356 e. The predicted molar refractivity (Wildman–Crippen MR) is 93.5 cm³/mol. The molecule has 10 nitrogen and oxygen atoms in total. The third-order valence-corrected chi connectivity index (χ3v) is 3.78. The van der Waals surface area contributed by atoms with Crippen molar-refractivity contribution < 1.29 is 24.3 Å². The summed E-state index contributed by atoms with van der Waals surface area (Å²) in [6.07, 6.45) is 2.04. The Bertz CT molecular complexity index is 982. The molecule has 1 heterocycles. The third kappa shape index (κ3) is 3.94. The second-order valence-electron chi connectivity index (χ2n) is 4.88. The topological polar surface area (TPSA) is 148 Å². The molecule has 0 atom stereocenters. The lowest BCUT2D eigenvalue weighted by Crippen LogP contribution is -2.02.